The zero-order valence-corrected chi connectivity index (χ0v) is 24.8. The average Bonchev–Trinajstić information content (AvgIpc) is 3.00. The predicted molar refractivity (Wildman–Crippen MR) is 165 cm³/mol. The van der Waals surface area contributed by atoms with E-state index in [9.17, 15) is 4.39 Å². The first kappa shape index (κ1) is 31.6. The first-order chi connectivity index (χ1) is 19.7. The number of alkyl halides is 1. The molecule has 0 bridgehead atoms. The van der Waals surface area contributed by atoms with Crippen molar-refractivity contribution in [3.63, 3.8) is 0 Å². The maximum Gasteiger partial charge on any atom is 0.159 e. The topological polar surface area (TPSA) is 44.2 Å². The lowest BCUT2D eigenvalue weighted by Gasteiger charge is -2.11. The SMILES string of the molecule is CCCCCCCCCCOc1ccc(-c2ncc(-c3ccc(OCC(F)CCCCCCC)cc3)cn2)cc1. The highest BCUT2D eigenvalue weighted by Gasteiger charge is 2.08. The molecule has 0 aliphatic rings. The molecule has 1 atom stereocenters. The molecule has 218 valence electrons. The van der Waals surface area contributed by atoms with Crippen molar-refractivity contribution >= 4 is 0 Å². The monoisotopic (exact) mass is 548 g/mol. The number of hydrogen-bond donors (Lipinski definition) is 0. The molecule has 0 aliphatic carbocycles. The van der Waals surface area contributed by atoms with E-state index in [1.165, 1.54) is 64.2 Å². The Morgan fingerprint density at radius 3 is 1.68 bits per heavy atom. The third-order valence-corrected chi connectivity index (χ3v) is 7.27. The van der Waals surface area contributed by atoms with Crippen LogP contribution in [0.2, 0.25) is 0 Å². The molecule has 0 saturated heterocycles. The molecule has 0 aliphatic heterocycles. The number of nitrogens with zero attached hydrogens (tertiary/aromatic N) is 2. The summed E-state index contributed by atoms with van der Waals surface area (Å²) in [6.07, 6.45) is 19.4. The van der Waals surface area contributed by atoms with Gasteiger partial charge in [0.25, 0.3) is 0 Å². The van der Waals surface area contributed by atoms with Crippen LogP contribution >= 0.6 is 0 Å². The minimum atomic E-state index is -0.919. The summed E-state index contributed by atoms with van der Waals surface area (Å²) in [5.74, 6) is 2.25. The second kappa shape index (κ2) is 19.2. The number of benzene rings is 2. The summed E-state index contributed by atoms with van der Waals surface area (Å²) in [7, 11) is 0. The number of aromatic nitrogens is 2. The van der Waals surface area contributed by atoms with Gasteiger partial charge in [0.1, 0.15) is 24.3 Å². The Morgan fingerprint density at radius 2 is 1.07 bits per heavy atom. The Labute approximate surface area is 241 Å². The summed E-state index contributed by atoms with van der Waals surface area (Å²) < 4.78 is 25.7. The van der Waals surface area contributed by atoms with Crippen LogP contribution in [0.25, 0.3) is 22.5 Å². The van der Waals surface area contributed by atoms with Crippen LogP contribution in [0, 0.1) is 0 Å². The number of halogens is 1. The van der Waals surface area contributed by atoms with E-state index in [2.05, 4.69) is 23.8 Å². The Bertz CT molecular complexity index is 1040. The first-order valence-electron chi connectivity index (χ1n) is 15.6. The molecule has 1 aromatic heterocycles. The summed E-state index contributed by atoms with van der Waals surface area (Å²) in [5.41, 5.74) is 2.88. The summed E-state index contributed by atoms with van der Waals surface area (Å²) in [6, 6.07) is 15.7. The van der Waals surface area contributed by atoms with Gasteiger partial charge in [-0.1, -0.05) is 103 Å². The summed E-state index contributed by atoms with van der Waals surface area (Å²) in [5, 5.41) is 0. The number of unbranched alkanes of at least 4 members (excludes halogenated alkanes) is 11. The van der Waals surface area contributed by atoms with Gasteiger partial charge in [0.15, 0.2) is 5.82 Å². The van der Waals surface area contributed by atoms with Crippen molar-refractivity contribution < 1.29 is 13.9 Å². The molecule has 0 radical (unpaired) electrons. The normalized spacial score (nSPS) is 11.9. The second-order valence-electron chi connectivity index (χ2n) is 10.8. The Morgan fingerprint density at radius 1 is 0.575 bits per heavy atom. The van der Waals surface area contributed by atoms with Gasteiger partial charge in [-0.3, -0.25) is 0 Å². The van der Waals surface area contributed by atoms with E-state index < -0.39 is 6.17 Å². The van der Waals surface area contributed by atoms with Crippen LogP contribution in [-0.4, -0.2) is 29.4 Å². The van der Waals surface area contributed by atoms with Crippen LogP contribution in [0.4, 0.5) is 4.39 Å². The number of rotatable bonds is 21. The van der Waals surface area contributed by atoms with E-state index in [0.717, 1.165) is 48.3 Å². The van der Waals surface area contributed by atoms with Crippen molar-refractivity contribution in [1.82, 2.24) is 9.97 Å². The Balaban J connectivity index is 1.38. The summed E-state index contributed by atoms with van der Waals surface area (Å²) >= 11 is 0. The molecule has 5 heteroatoms. The predicted octanol–water partition coefficient (Wildman–Crippen LogP) is 10.4. The van der Waals surface area contributed by atoms with E-state index in [4.69, 9.17) is 9.47 Å². The van der Waals surface area contributed by atoms with Crippen molar-refractivity contribution in [1.29, 1.82) is 0 Å². The van der Waals surface area contributed by atoms with Crippen molar-refractivity contribution in [2.24, 2.45) is 0 Å². The molecule has 40 heavy (non-hydrogen) atoms. The highest BCUT2D eigenvalue weighted by molar-refractivity contribution is 5.64. The quantitative estimate of drug-likeness (QED) is 0.124. The molecule has 1 heterocycles. The van der Waals surface area contributed by atoms with Gasteiger partial charge < -0.3 is 9.47 Å². The minimum absolute atomic E-state index is 0.105. The maximum absolute atomic E-state index is 14.1. The van der Waals surface area contributed by atoms with Crippen molar-refractivity contribution in [3.05, 3.63) is 60.9 Å². The zero-order valence-electron chi connectivity index (χ0n) is 24.8. The van der Waals surface area contributed by atoms with E-state index in [1.807, 2.05) is 60.9 Å². The van der Waals surface area contributed by atoms with Gasteiger partial charge in [-0.25, -0.2) is 14.4 Å². The van der Waals surface area contributed by atoms with Gasteiger partial charge in [-0.2, -0.15) is 0 Å². The molecular weight excluding hydrogens is 499 g/mol. The van der Waals surface area contributed by atoms with E-state index in [0.29, 0.717) is 18.0 Å². The first-order valence-corrected chi connectivity index (χ1v) is 15.6. The van der Waals surface area contributed by atoms with Gasteiger partial charge in [-0.15, -0.1) is 0 Å². The second-order valence-corrected chi connectivity index (χ2v) is 10.8. The largest absolute Gasteiger partial charge is 0.494 e. The van der Waals surface area contributed by atoms with Crippen molar-refractivity contribution in [2.45, 2.75) is 110 Å². The lowest BCUT2D eigenvalue weighted by Crippen LogP contribution is -2.12. The van der Waals surface area contributed by atoms with Gasteiger partial charge in [0.05, 0.1) is 6.61 Å². The molecule has 0 saturated carbocycles. The van der Waals surface area contributed by atoms with E-state index in [-0.39, 0.29) is 6.61 Å². The lowest BCUT2D eigenvalue weighted by atomic mass is 10.1. The molecule has 0 amide bonds. The van der Waals surface area contributed by atoms with Gasteiger partial charge in [0, 0.05) is 23.5 Å². The number of ether oxygens (including phenoxy) is 2. The molecule has 0 N–H and O–H groups in total. The van der Waals surface area contributed by atoms with Crippen molar-refractivity contribution in [2.75, 3.05) is 13.2 Å². The summed E-state index contributed by atoms with van der Waals surface area (Å²) in [4.78, 5) is 9.15. The minimum Gasteiger partial charge on any atom is -0.494 e. The van der Waals surface area contributed by atoms with Gasteiger partial charge in [0.2, 0.25) is 0 Å². The standard InChI is InChI=1S/C35H49FN2O2/c1-3-5-7-9-10-11-13-15-25-39-33-23-19-30(20-24-33)35-37-26-31(27-38-35)29-17-21-34(22-18-29)40-28-32(36)16-14-12-8-6-4-2/h17-24,26-27,32H,3-16,25,28H2,1-2H3. The third kappa shape index (κ3) is 12.1. The van der Waals surface area contributed by atoms with Crippen LogP contribution in [0.5, 0.6) is 11.5 Å². The fraction of sp³-hybridized carbons (Fsp3) is 0.543. The summed E-state index contributed by atoms with van der Waals surface area (Å²) in [6.45, 7) is 5.31. The van der Waals surface area contributed by atoms with Crippen molar-refractivity contribution in [3.8, 4) is 34.0 Å². The molecule has 0 fully saturated rings. The lowest BCUT2D eigenvalue weighted by molar-refractivity contribution is 0.184. The van der Waals surface area contributed by atoms with E-state index in [1.54, 1.807) is 0 Å². The highest BCUT2D eigenvalue weighted by Crippen LogP contribution is 2.24. The fourth-order valence-electron chi connectivity index (χ4n) is 4.74. The highest BCUT2D eigenvalue weighted by atomic mass is 19.1. The number of hydrogen-bond acceptors (Lipinski definition) is 4. The van der Waals surface area contributed by atoms with Crippen LogP contribution < -0.4 is 9.47 Å². The maximum atomic E-state index is 14.1. The van der Waals surface area contributed by atoms with Crippen LogP contribution in [0.3, 0.4) is 0 Å². The van der Waals surface area contributed by atoms with Gasteiger partial charge >= 0.3 is 0 Å². The molecule has 1 unspecified atom stereocenters. The molecule has 2 aromatic carbocycles. The average molecular weight is 549 g/mol. The van der Waals surface area contributed by atoms with Crippen LogP contribution in [0.15, 0.2) is 60.9 Å². The molecule has 4 nitrogen and oxygen atoms in total. The van der Waals surface area contributed by atoms with Crippen LogP contribution in [0.1, 0.15) is 104 Å². The molecule has 3 rings (SSSR count). The third-order valence-electron chi connectivity index (χ3n) is 7.27. The smallest absolute Gasteiger partial charge is 0.159 e. The molecular formula is C35H49FN2O2. The molecule has 0 spiro atoms. The molecule has 3 aromatic rings. The zero-order chi connectivity index (χ0) is 28.3. The Hall–Kier alpha value is -2.95. The van der Waals surface area contributed by atoms with Crippen LogP contribution in [-0.2, 0) is 0 Å². The Kier molecular flexibility index (Phi) is 15.1. The van der Waals surface area contributed by atoms with E-state index >= 15 is 0 Å². The van der Waals surface area contributed by atoms with Gasteiger partial charge in [-0.05, 0) is 54.8 Å². The fourth-order valence-corrected chi connectivity index (χ4v) is 4.74.